The van der Waals surface area contributed by atoms with E-state index in [4.69, 9.17) is 9.47 Å². The van der Waals surface area contributed by atoms with Gasteiger partial charge in [0.15, 0.2) is 16.7 Å². The molecule has 0 spiro atoms. The summed E-state index contributed by atoms with van der Waals surface area (Å²) in [5, 5.41) is 5.15. The molecule has 0 aliphatic carbocycles. The number of hydrogen-bond donors (Lipinski definition) is 2. The second kappa shape index (κ2) is 8.75. The zero-order valence-electron chi connectivity index (χ0n) is 15.2. The van der Waals surface area contributed by atoms with E-state index >= 15 is 0 Å². The standard InChI is InChI=1S/C19H18FN3O4S/c1-26-14-8-7-13(9-15(14)27-2)21-17(24)10-16-18(25)23-19(28-16)22-12-5-3-11(20)4-6-12/h3-9,16H,10H2,1-2H3,(H,21,24)(H,22,23,25)/t16-/m0/s1. The summed E-state index contributed by atoms with van der Waals surface area (Å²) in [5.41, 5.74) is 1.05. The Kier molecular flexibility index (Phi) is 6.15. The van der Waals surface area contributed by atoms with Gasteiger partial charge in [-0.15, -0.1) is 0 Å². The number of nitrogens with one attached hydrogen (secondary N) is 2. The fraction of sp³-hybridized carbons (Fsp3) is 0.211. The first kappa shape index (κ1) is 19.7. The van der Waals surface area contributed by atoms with Gasteiger partial charge in [0.1, 0.15) is 11.1 Å². The largest absolute Gasteiger partial charge is 0.493 e. The molecule has 1 fully saturated rings. The summed E-state index contributed by atoms with van der Waals surface area (Å²) in [6, 6.07) is 10.6. The number of halogens is 1. The van der Waals surface area contributed by atoms with Crippen LogP contribution in [0.1, 0.15) is 6.42 Å². The molecule has 0 bridgehead atoms. The number of nitrogens with zero attached hydrogens (tertiary/aromatic N) is 1. The number of benzene rings is 2. The van der Waals surface area contributed by atoms with Crippen LogP contribution in [0.25, 0.3) is 0 Å². The van der Waals surface area contributed by atoms with Gasteiger partial charge in [0.2, 0.25) is 11.8 Å². The van der Waals surface area contributed by atoms with E-state index < -0.39 is 5.25 Å². The molecule has 0 aromatic heterocycles. The molecule has 1 aliphatic rings. The van der Waals surface area contributed by atoms with E-state index in [1.54, 1.807) is 18.2 Å². The van der Waals surface area contributed by atoms with E-state index in [0.717, 1.165) is 11.8 Å². The van der Waals surface area contributed by atoms with Gasteiger partial charge >= 0.3 is 0 Å². The van der Waals surface area contributed by atoms with Crippen LogP contribution in [0.15, 0.2) is 47.5 Å². The molecule has 2 amide bonds. The second-order valence-corrected chi connectivity index (χ2v) is 7.00. The molecule has 1 heterocycles. The lowest BCUT2D eigenvalue weighted by Gasteiger charge is -2.11. The smallest absolute Gasteiger partial charge is 0.240 e. The van der Waals surface area contributed by atoms with Crippen molar-refractivity contribution in [2.24, 2.45) is 4.99 Å². The highest BCUT2D eigenvalue weighted by Gasteiger charge is 2.32. The maximum absolute atomic E-state index is 13.0. The van der Waals surface area contributed by atoms with Crippen LogP contribution in [-0.2, 0) is 9.59 Å². The number of aliphatic imine (C=N–C) groups is 1. The number of anilines is 1. The molecule has 2 N–H and O–H groups in total. The number of carbonyl (C=O) groups is 2. The molecule has 28 heavy (non-hydrogen) atoms. The number of carbonyl (C=O) groups excluding carboxylic acids is 2. The highest BCUT2D eigenvalue weighted by Crippen LogP contribution is 2.30. The first-order chi connectivity index (χ1) is 13.5. The van der Waals surface area contributed by atoms with Gasteiger partial charge in [-0.1, -0.05) is 11.8 Å². The van der Waals surface area contributed by atoms with Gasteiger partial charge < -0.3 is 20.1 Å². The van der Waals surface area contributed by atoms with Crippen LogP contribution in [0.5, 0.6) is 11.5 Å². The molecule has 2 aromatic carbocycles. The van der Waals surface area contributed by atoms with Crippen LogP contribution in [0, 0.1) is 5.82 Å². The highest BCUT2D eigenvalue weighted by atomic mass is 32.2. The molecule has 1 aliphatic heterocycles. The summed E-state index contributed by atoms with van der Waals surface area (Å²) < 4.78 is 23.3. The Balaban J connectivity index is 1.61. The average molecular weight is 403 g/mol. The maximum Gasteiger partial charge on any atom is 0.240 e. The molecule has 0 radical (unpaired) electrons. The molecule has 146 valence electrons. The third-order valence-electron chi connectivity index (χ3n) is 3.87. The molecule has 0 saturated carbocycles. The highest BCUT2D eigenvalue weighted by molar-refractivity contribution is 8.15. The van der Waals surface area contributed by atoms with E-state index in [0.29, 0.717) is 28.0 Å². The normalized spacial score (nSPS) is 17.3. The van der Waals surface area contributed by atoms with Crippen molar-refractivity contribution in [1.82, 2.24) is 5.32 Å². The summed E-state index contributed by atoms with van der Waals surface area (Å²) in [4.78, 5) is 28.7. The molecule has 7 nitrogen and oxygen atoms in total. The Bertz CT molecular complexity index is 918. The number of methoxy groups -OCH3 is 2. The Morgan fingerprint density at radius 3 is 2.57 bits per heavy atom. The summed E-state index contributed by atoms with van der Waals surface area (Å²) >= 11 is 1.16. The minimum atomic E-state index is -0.598. The van der Waals surface area contributed by atoms with Crippen LogP contribution in [0.3, 0.4) is 0 Å². The summed E-state index contributed by atoms with van der Waals surface area (Å²) in [6.07, 6.45) is -0.0206. The van der Waals surface area contributed by atoms with E-state index in [-0.39, 0.29) is 24.1 Å². The molecular formula is C19H18FN3O4S. The van der Waals surface area contributed by atoms with Gasteiger partial charge in [-0.3, -0.25) is 9.59 Å². The molecule has 2 aromatic rings. The minimum Gasteiger partial charge on any atom is -0.493 e. The Morgan fingerprint density at radius 1 is 1.18 bits per heavy atom. The first-order valence-corrected chi connectivity index (χ1v) is 9.20. The van der Waals surface area contributed by atoms with Gasteiger partial charge in [0.25, 0.3) is 0 Å². The van der Waals surface area contributed by atoms with Gasteiger partial charge in [-0.25, -0.2) is 9.38 Å². The fourth-order valence-electron chi connectivity index (χ4n) is 2.52. The van der Waals surface area contributed by atoms with Crippen molar-refractivity contribution in [1.29, 1.82) is 0 Å². The minimum absolute atomic E-state index is 0.0206. The van der Waals surface area contributed by atoms with Crippen molar-refractivity contribution in [2.45, 2.75) is 11.7 Å². The van der Waals surface area contributed by atoms with Crippen LogP contribution in [-0.4, -0.2) is 36.5 Å². The third-order valence-corrected chi connectivity index (χ3v) is 4.95. The van der Waals surface area contributed by atoms with Gasteiger partial charge in [0, 0.05) is 18.2 Å². The zero-order chi connectivity index (χ0) is 20.1. The Labute approximate surface area is 165 Å². The van der Waals surface area contributed by atoms with E-state index in [1.165, 1.54) is 38.5 Å². The molecule has 9 heteroatoms. The predicted octanol–water partition coefficient (Wildman–Crippen LogP) is 3.09. The predicted molar refractivity (Wildman–Crippen MR) is 106 cm³/mol. The molecule has 1 saturated heterocycles. The second-order valence-electron chi connectivity index (χ2n) is 5.81. The van der Waals surface area contributed by atoms with E-state index in [9.17, 15) is 14.0 Å². The number of amides is 2. The van der Waals surface area contributed by atoms with Crippen molar-refractivity contribution >= 4 is 40.1 Å². The van der Waals surface area contributed by atoms with Crippen LogP contribution >= 0.6 is 11.8 Å². The SMILES string of the molecule is COc1ccc(NC(=O)C[C@@H]2SC(=Nc3ccc(F)cc3)NC2=O)cc1OC. The van der Waals surface area contributed by atoms with Crippen molar-refractivity contribution in [3.63, 3.8) is 0 Å². The lowest BCUT2D eigenvalue weighted by atomic mass is 10.2. The molecule has 3 rings (SSSR count). The number of ether oxygens (including phenoxy) is 2. The van der Waals surface area contributed by atoms with Crippen LogP contribution < -0.4 is 20.1 Å². The van der Waals surface area contributed by atoms with Gasteiger partial charge in [-0.2, -0.15) is 0 Å². The van der Waals surface area contributed by atoms with Crippen molar-refractivity contribution < 1.29 is 23.5 Å². The number of rotatable bonds is 6. The van der Waals surface area contributed by atoms with E-state index in [1.807, 2.05) is 0 Å². The number of thioether (sulfide) groups is 1. The molecule has 1 atom stereocenters. The van der Waals surface area contributed by atoms with E-state index in [2.05, 4.69) is 15.6 Å². The lowest BCUT2D eigenvalue weighted by molar-refractivity contribution is -0.122. The average Bonchev–Trinajstić information content (AvgIpc) is 3.02. The third kappa shape index (κ3) is 4.80. The monoisotopic (exact) mass is 403 g/mol. The van der Waals surface area contributed by atoms with Crippen LogP contribution in [0.4, 0.5) is 15.8 Å². The van der Waals surface area contributed by atoms with Crippen molar-refractivity contribution in [2.75, 3.05) is 19.5 Å². The Morgan fingerprint density at radius 2 is 1.89 bits per heavy atom. The van der Waals surface area contributed by atoms with Gasteiger partial charge in [-0.05, 0) is 36.4 Å². The number of amidine groups is 1. The number of hydrogen-bond acceptors (Lipinski definition) is 6. The summed E-state index contributed by atoms with van der Waals surface area (Å²) in [7, 11) is 3.03. The summed E-state index contributed by atoms with van der Waals surface area (Å²) in [6.45, 7) is 0. The van der Waals surface area contributed by atoms with Crippen molar-refractivity contribution in [3.8, 4) is 11.5 Å². The molecule has 0 unspecified atom stereocenters. The Hall–Kier alpha value is -3.07. The fourth-order valence-corrected chi connectivity index (χ4v) is 3.51. The first-order valence-electron chi connectivity index (χ1n) is 8.32. The van der Waals surface area contributed by atoms with Crippen molar-refractivity contribution in [3.05, 3.63) is 48.3 Å². The molecular weight excluding hydrogens is 385 g/mol. The summed E-state index contributed by atoms with van der Waals surface area (Å²) in [5.74, 6) is 0.0582. The topological polar surface area (TPSA) is 89.0 Å². The maximum atomic E-state index is 13.0. The zero-order valence-corrected chi connectivity index (χ0v) is 16.0. The van der Waals surface area contributed by atoms with Gasteiger partial charge in [0.05, 0.1) is 19.9 Å². The lowest BCUT2D eigenvalue weighted by Crippen LogP contribution is -2.28. The van der Waals surface area contributed by atoms with Crippen LogP contribution in [0.2, 0.25) is 0 Å². The quantitative estimate of drug-likeness (QED) is 0.774.